The van der Waals surface area contributed by atoms with Gasteiger partial charge in [-0.05, 0) is 31.9 Å². The van der Waals surface area contributed by atoms with Crippen molar-refractivity contribution in [2.24, 2.45) is 0 Å². The molecule has 1 unspecified atom stereocenters. The predicted octanol–water partition coefficient (Wildman–Crippen LogP) is 1.23. The Morgan fingerprint density at radius 2 is 2.25 bits per heavy atom. The number of hydrogen-bond donors (Lipinski definition) is 1. The molecule has 1 rings (SSSR count). The molecule has 1 heterocycles. The average Bonchev–Trinajstić information content (AvgIpc) is 2.24. The number of aliphatic hydroxyl groups is 1. The molecule has 0 radical (unpaired) electrons. The fourth-order valence-electron chi connectivity index (χ4n) is 1.37. The van der Waals surface area contributed by atoms with Crippen molar-refractivity contribution in [2.75, 3.05) is 13.6 Å². The van der Waals surface area contributed by atoms with Gasteiger partial charge in [0, 0.05) is 26.0 Å². The average molecular weight is 222 g/mol. The summed E-state index contributed by atoms with van der Waals surface area (Å²) in [5, 5.41) is 9.15. The lowest BCUT2D eigenvalue weighted by Gasteiger charge is -2.17. The summed E-state index contributed by atoms with van der Waals surface area (Å²) in [6.45, 7) is 4.16. The van der Waals surface area contributed by atoms with E-state index in [1.54, 1.807) is 31.3 Å². The first kappa shape index (κ1) is 12.6. The number of rotatable bonds is 4. The minimum Gasteiger partial charge on any atom is -0.393 e. The van der Waals surface area contributed by atoms with E-state index in [1.165, 1.54) is 0 Å². The minimum absolute atomic E-state index is 0.0585. The lowest BCUT2D eigenvalue weighted by molar-refractivity contribution is 0.0768. The molecule has 0 spiro atoms. The zero-order valence-electron chi connectivity index (χ0n) is 9.97. The third kappa shape index (κ3) is 3.62. The molecule has 0 aliphatic carbocycles. The zero-order valence-corrected chi connectivity index (χ0v) is 9.97. The van der Waals surface area contributed by atoms with E-state index in [4.69, 9.17) is 5.11 Å². The molecular weight excluding hydrogens is 204 g/mol. The maximum atomic E-state index is 11.9. The first-order valence-corrected chi connectivity index (χ1v) is 5.36. The van der Waals surface area contributed by atoms with Gasteiger partial charge in [0.2, 0.25) is 0 Å². The third-order valence-corrected chi connectivity index (χ3v) is 2.35. The summed E-state index contributed by atoms with van der Waals surface area (Å²) in [4.78, 5) is 17.5. The number of carbonyl (C=O) groups excluding carboxylic acids is 1. The van der Waals surface area contributed by atoms with Gasteiger partial charge < -0.3 is 10.0 Å². The molecule has 1 atom stereocenters. The molecule has 4 nitrogen and oxygen atoms in total. The Hall–Kier alpha value is -1.42. The van der Waals surface area contributed by atoms with Crippen molar-refractivity contribution < 1.29 is 9.90 Å². The molecule has 1 aromatic heterocycles. The van der Waals surface area contributed by atoms with Crippen LogP contribution in [0, 0.1) is 6.92 Å². The summed E-state index contributed by atoms with van der Waals surface area (Å²) in [6.07, 6.45) is 3.48. The summed E-state index contributed by atoms with van der Waals surface area (Å²) >= 11 is 0. The van der Waals surface area contributed by atoms with Gasteiger partial charge in [-0.3, -0.25) is 9.78 Å². The second-order valence-electron chi connectivity index (χ2n) is 4.12. The number of aryl methyl sites for hydroxylation is 1. The lowest BCUT2D eigenvalue weighted by Crippen LogP contribution is -2.29. The van der Waals surface area contributed by atoms with Gasteiger partial charge in [0.05, 0.1) is 11.7 Å². The van der Waals surface area contributed by atoms with Crippen LogP contribution in [-0.4, -0.2) is 40.6 Å². The third-order valence-electron chi connectivity index (χ3n) is 2.35. The van der Waals surface area contributed by atoms with Crippen molar-refractivity contribution in [2.45, 2.75) is 26.4 Å². The van der Waals surface area contributed by atoms with Gasteiger partial charge in [-0.25, -0.2) is 0 Å². The Morgan fingerprint density at radius 1 is 1.56 bits per heavy atom. The number of carbonyl (C=O) groups is 1. The van der Waals surface area contributed by atoms with Gasteiger partial charge in [0.15, 0.2) is 0 Å². The van der Waals surface area contributed by atoms with Gasteiger partial charge in [-0.2, -0.15) is 0 Å². The van der Waals surface area contributed by atoms with E-state index in [0.717, 1.165) is 5.56 Å². The lowest BCUT2D eigenvalue weighted by atomic mass is 10.2. The van der Waals surface area contributed by atoms with Crippen molar-refractivity contribution in [3.8, 4) is 0 Å². The van der Waals surface area contributed by atoms with Crippen LogP contribution in [0.2, 0.25) is 0 Å². The summed E-state index contributed by atoms with van der Waals surface area (Å²) in [5.41, 5.74) is 1.56. The van der Waals surface area contributed by atoms with E-state index >= 15 is 0 Å². The standard InChI is InChI=1S/C12H18N2O2/c1-9-6-11(8-13-7-9)12(16)14(3)5-4-10(2)15/h6-8,10,15H,4-5H2,1-3H3. The number of hydrogen-bond acceptors (Lipinski definition) is 3. The maximum Gasteiger partial charge on any atom is 0.255 e. The molecular formula is C12H18N2O2. The number of pyridine rings is 1. The Bertz CT molecular complexity index is 364. The first-order chi connectivity index (χ1) is 7.50. The van der Waals surface area contributed by atoms with Crippen LogP contribution in [0.25, 0.3) is 0 Å². The molecule has 0 bridgehead atoms. The van der Waals surface area contributed by atoms with Crippen molar-refractivity contribution in [1.29, 1.82) is 0 Å². The Kier molecular flexibility index (Phi) is 4.43. The SMILES string of the molecule is Cc1cncc(C(=O)N(C)CCC(C)O)c1. The van der Waals surface area contributed by atoms with Crippen LogP contribution in [0.4, 0.5) is 0 Å². The predicted molar refractivity (Wildman–Crippen MR) is 62.2 cm³/mol. The van der Waals surface area contributed by atoms with Crippen LogP contribution in [0.3, 0.4) is 0 Å². The highest BCUT2D eigenvalue weighted by Crippen LogP contribution is 2.05. The number of aromatic nitrogens is 1. The highest BCUT2D eigenvalue weighted by Gasteiger charge is 2.12. The first-order valence-electron chi connectivity index (χ1n) is 5.36. The second kappa shape index (κ2) is 5.61. The molecule has 1 N–H and O–H groups in total. The Balaban J connectivity index is 2.63. The van der Waals surface area contributed by atoms with E-state index in [-0.39, 0.29) is 12.0 Å². The fourth-order valence-corrected chi connectivity index (χ4v) is 1.37. The van der Waals surface area contributed by atoms with E-state index < -0.39 is 0 Å². The van der Waals surface area contributed by atoms with Crippen molar-refractivity contribution in [3.05, 3.63) is 29.6 Å². The van der Waals surface area contributed by atoms with Gasteiger partial charge in [-0.15, -0.1) is 0 Å². The highest BCUT2D eigenvalue weighted by molar-refractivity contribution is 5.93. The quantitative estimate of drug-likeness (QED) is 0.833. The van der Waals surface area contributed by atoms with Crippen LogP contribution in [0.1, 0.15) is 29.3 Å². The van der Waals surface area contributed by atoms with Gasteiger partial charge >= 0.3 is 0 Å². The monoisotopic (exact) mass is 222 g/mol. The second-order valence-corrected chi connectivity index (χ2v) is 4.12. The van der Waals surface area contributed by atoms with E-state index in [1.807, 2.05) is 13.0 Å². The van der Waals surface area contributed by atoms with Crippen LogP contribution in [-0.2, 0) is 0 Å². The molecule has 0 aromatic carbocycles. The molecule has 16 heavy (non-hydrogen) atoms. The summed E-state index contributed by atoms with van der Waals surface area (Å²) in [6, 6.07) is 1.81. The van der Waals surface area contributed by atoms with Crippen LogP contribution in [0.15, 0.2) is 18.5 Å². The van der Waals surface area contributed by atoms with Gasteiger partial charge in [0.1, 0.15) is 0 Å². The topological polar surface area (TPSA) is 53.4 Å². The van der Waals surface area contributed by atoms with E-state index in [9.17, 15) is 4.79 Å². The molecule has 88 valence electrons. The number of nitrogens with zero attached hydrogens (tertiary/aromatic N) is 2. The molecule has 4 heteroatoms. The maximum absolute atomic E-state index is 11.9. The van der Waals surface area contributed by atoms with E-state index in [2.05, 4.69) is 4.98 Å². The number of aliphatic hydroxyl groups excluding tert-OH is 1. The Labute approximate surface area is 95.9 Å². The normalized spacial score (nSPS) is 12.2. The molecule has 0 aliphatic rings. The van der Waals surface area contributed by atoms with Crippen molar-refractivity contribution in [3.63, 3.8) is 0 Å². The fraction of sp³-hybridized carbons (Fsp3) is 0.500. The van der Waals surface area contributed by atoms with E-state index in [0.29, 0.717) is 18.5 Å². The smallest absolute Gasteiger partial charge is 0.255 e. The van der Waals surface area contributed by atoms with Crippen LogP contribution >= 0.6 is 0 Å². The molecule has 1 amide bonds. The van der Waals surface area contributed by atoms with Gasteiger partial charge in [0.25, 0.3) is 5.91 Å². The molecule has 0 saturated carbocycles. The van der Waals surface area contributed by atoms with Crippen molar-refractivity contribution in [1.82, 2.24) is 9.88 Å². The molecule has 0 fully saturated rings. The van der Waals surface area contributed by atoms with Crippen molar-refractivity contribution >= 4 is 5.91 Å². The van der Waals surface area contributed by atoms with Crippen LogP contribution in [0.5, 0.6) is 0 Å². The summed E-state index contributed by atoms with van der Waals surface area (Å²) < 4.78 is 0. The minimum atomic E-state index is -0.383. The largest absolute Gasteiger partial charge is 0.393 e. The molecule has 0 saturated heterocycles. The summed E-state index contributed by atoms with van der Waals surface area (Å²) in [7, 11) is 1.73. The van der Waals surface area contributed by atoms with Gasteiger partial charge in [-0.1, -0.05) is 0 Å². The summed E-state index contributed by atoms with van der Waals surface area (Å²) in [5.74, 6) is -0.0585. The van der Waals surface area contributed by atoms with Crippen LogP contribution < -0.4 is 0 Å². The zero-order chi connectivity index (χ0) is 12.1. The molecule has 1 aromatic rings. The highest BCUT2D eigenvalue weighted by atomic mass is 16.3. The number of amides is 1. The molecule has 0 aliphatic heterocycles. The Morgan fingerprint density at radius 3 is 2.81 bits per heavy atom.